The summed E-state index contributed by atoms with van der Waals surface area (Å²) in [5, 5.41) is 11.6. The number of nitrogens with one attached hydrogen (secondary N) is 1. The van der Waals surface area contributed by atoms with Gasteiger partial charge in [0.15, 0.2) is 0 Å². The number of carbonyl (C=O) groups excluding carboxylic acids is 1. The van der Waals surface area contributed by atoms with Crippen molar-refractivity contribution in [1.82, 2.24) is 10.2 Å². The fourth-order valence-corrected chi connectivity index (χ4v) is 1.72. The van der Waals surface area contributed by atoms with Crippen LogP contribution in [-0.2, 0) is 0 Å². The highest BCUT2D eigenvalue weighted by Crippen LogP contribution is 2.15. The predicted molar refractivity (Wildman–Crippen MR) is 55.1 cm³/mol. The summed E-state index contributed by atoms with van der Waals surface area (Å²) >= 11 is 0. The zero-order valence-electron chi connectivity index (χ0n) is 8.99. The van der Waals surface area contributed by atoms with Gasteiger partial charge in [0.05, 0.1) is 12.6 Å². The summed E-state index contributed by atoms with van der Waals surface area (Å²) < 4.78 is 0. The van der Waals surface area contributed by atoms with Crippen molar-refractivity contribution in [2.75, 3.05) is 19.7 Å². The maximum atomic E-state index is 11.6. The molecule has 4 heteroatoms. The molecule has 0 aromatic heterocycles. The van der Waals surface area contributed by atoms with Gasteiger partial charge in [0.1, 0.15) is 0 Å². The van der Waals surface area contributed by atoms with Gasteiger partial charge in [-0.2, -0.15) is 0 Å². The van der Waals surface area contributed by atoms with Crippen LogP contribution in [-0.4, -0.2) is 41.8 Å². The molecule has 2 N–H and O–H groups in total. The number of hydrogen-bond acceptors (Lipinski definition) is 2. The maximum Gasteiger partial charge on any atom is 0.317 e. The van der Waals surface area contributed by atoms with Gasteiger partial charge in [-0.3, -0.25) is 0 Å². The second-order valence-electron chi connectivity index (χ2n) is 4.23. The van der Waals surface area contributed by atoms with E-state index in [-0.39, 0.29) is 18.7 Å². The third kappa shape index (κ3) is 3.18. The van der Waals surface area contributed by atoms with E-state index < -0.39 is 0 Å². The Labute approximate surface area is 85.3 Å². The first-order chi connectivity index (χ1) is 6.63. The fraction of sp³-hybridized carbons (Fsp3) is 0.900. The first-order valence-electron chi connectivity index (χ1n) is 5.29. The van der Waals surface area contributed by atoms with Crippen molar-refractivity contribution in [3.8, 4) is 0 Å². The summed E-state index contributed by atoms with van der Waals surface area (Å²) in [4.78, 5) is 13.5. The van der Waals surface area contributed by atoms with E-state index in [1.807, 2.05) is 4.90 Å². The Morgan fingerprint density at radius 3 is 3.00 bits per heavy atom. The number of likely N-dealkylation sites (tertiary alicyclic amines) is 1. The monoisotopic (exact) mass is 200 g/mol. The molecule has 0 aliphatic carbocycles. The second kappa shape index (κ2) is 5.20. The minimum atomic E-state index is -0.153. The van der Waals surface area contributed by atoms with Crippen molar-refractivity contribution in [3.63, 3.8) is 0 Å². The van der Waals surface area contributed by atoms with Gasteiger partial charge in [0.2, 0.25) is 0 Å². The van der Waals surface area contributed by atoms with Crippen molar-refractivity contribution in [2.24, 2.45) is 5.92 Å². The van der Waals surface area contributed by atoms with Crippen LogP contribution in [0.15, 0.2) is 0 Å². The lowest BCUT2D eigenvalue weighted by molar-refractivity contribution is 0.160. The predicted octanol–water partition coefficient (Wildman–Crippen LogP) is 0.809. The van der Waals surface area contributed by atoms with Gasteiger partial charge in [0.25, 0.3) is 0 Å². The molecule has 2 unspecified atom stereocenters. The molecular weight excluding hydrogens is 180 g/mol. The molecule has 0 radical (unpaired) electrons. The van der Waals surface area contributed by atoms with Crippen molar-refractivity contribution in [1.29, 1.82) is 0 Å². The number of piperidine rings is 1. The average molecular weight is 200 g/mol. The minimum absolute atomic E-state index is 0.00483. The molecule has 0 spiro atoms. The first kappa shape index (κ1) is 11.3. The fourth-order valence-electron chi connectivity index (χ4n) is 1.72. The highest BCUT2D eigenvalue weighted by molar-refractivity contribution is 5.74. The second-order valence-corrected chi connectivity index (χ2v) is 4.23. The van der Waals surface area contributed by atoms with Gasteiger partial charge in [-0.15, -0.1) is 0 Å². The molecule has 1 heterocycles. The lowest BCUT2D eigenvalue weighted by Crippen LogP contribution is -2.48. The van der Waals surface area contributed by atoms with E-state index in [1.165, 1.54) is 6.42 Å². The Hall–Kier alpha value is -0.770. The van der Waals surface area contributed by atoms with Crippen molar-refractivity contribution in [3.05, 3.63) is 0 Å². The molecule has 1 aliphatic heterocycles. The molecule has 1 fully saturated rings. The van der Waals surface area contributed by atoms with Gasteiger partial charge in [-0.1, -0.05) is 6.92 Å². The lowest BCUT2D eigenvalue weighted by Gasteiger charge is -2.31. The number of carbonyl (C=O) groups is 1. The van der Waals surface area contributed by atoms with Gasteiger partial charge < -0.3 is 15.3 Å². The standard InChI is InChI=1S/C10H20N2O2/c1-8-4-3-5-12(6-8)10(14)11-9(2)7-13/h8-9,13H,3-7H2,1-2H3,(H,11,14). The summed E-state index contributed by atoms with van der Waals surface area (Å²) in [6.45, 7) is 5.63. The van der Waals surface area contributed by atoms with Crippen molar-refractivity contribution < 1.29 is 9.90 Å². The van der Waals surface area contributed by atoms with E-state index in [0.717, 1.165) is 19.5 Å². The van der Waals surface area contributed by atoms with E-state index in [9.17, 15) is 4.79 Å². The van der Waals surface area contributed by atoms with Crippen LogP contribution in [0.2, 0.25) is 0 Å². The minimum Gasteiger partial charge on any atom is -0.394 e. The highest BCUT2D eigenvalue weighted by atomic mass is 16.3. The van der Waals surface area contributed by atoms with E-state index in [1.54, 1.807) is 6.92 Å². The number of aliphatic hydroxyl groups excluding tert-OH is 1. The largest absolute Gasteiger partial charge is 0.394 e. The third-order valence-corrected chi connectivity index (χ3v) is 2.59. The molecular formula is C10H20N2O2. The number of hydrogen-bond donors (Lipinski definition) is 2. The summed E-state index contributed by atoms with van der Waals surface area (Å²) in [6.07, 6.45) is 2.29. The smallest absolute Gasteiger partial charge is 0.317 e. The van der Waals surface area contributed by atoms with Crippen LogP contribution in [0.25, 0.3) is 0 Å². The number of nitrogens with zero attached hydrogens (tertiary/aromatic N) is 1. The molecule has 2 atom stereocenters. The van der Waals surface area contributed by atoms with E-state index in [4.69, 9.17) is 5.11 Å². The number of rotatable bonds is 2. The van der Waals surface area contributed by atoms with E-state index >= 15 is 0 Å². The summed E-state index contributed by atoms with van der Waals surface area (Å²) in [6, 6.07) is -0.196. The van der Waals surface area contributed by atoms with Crippen LogP contribution in [0, 0.1) is 5.92 Å². The molecule has 0 aromatic carbocycles. The van der Waals surface area contributed by atoms with Crippen LogP contribution in [0.5, 0.6) is 0 Å². The van der Waals surface area contributed by atoms with Crippen LogP contribution in [0.4, 0.5) is 4.79 Å². The van der Waals surface area contributed by atoms with Crippen molar-refractivity contribution >= 4 is 6.03 Å². The third-order valence-electron chi connectivity index (χ3n) is 2.59. The Morgan fingerprint density at radius 2 is 2.43 bits per heavy atom. The molecule has 1 aliphatic rings. The zero-order valence-corrected chi connectivity index (χ0v) is 8.99. The van der Waals surface area contributed by atoms with E-state index in [2.05, 4.69) is 12.2 Å². The number of aliphatic hydroxyl groups is 1. The quantitative estimate of drug-likeness (QED) is 0.693. The molecule has 0 bridgehead atoms. The highest BCUT2D eigenvalue weighted by Gasteiger charge is 2.21. The number of amides is 2. The summed E-state index contributed by atoms with van der Waals surface area (Å²) in [5.74, 6) is 0.596. The molecule has 4 nitrogen and oxygen atoms in total. The zero-order chi connectivity index (χ0) is 10.6. The van der Waals surface area contributed by atoms with Gasteiger partial charge in [0, 0.05) is 13.1 Å². The van der Waals surface area contributed by atoms with Crippen molar-refractivity contribution in [2.45, 2.75) is 32.7 Å². The molecule has 1 saturated heterocycles. The van der Waals surface area contributed by atoms with Crippen LogP contribution >= 0.6 is 0 Å². The topological polar surface area (TPSA) is 52.6 Å². The molecule has 2 amide bonds. The Morgan fingerprint density at radius 1 is 1.71 bits per heavy atom. The average Bonchev–Trinajstić information content (AvgIpc) is 2.17. The first-order valence-corrected chi connectivity index (χ1v) is 5.29. The molecule has 82 valence electrons. The Bertz CT molecular complexity index is 197. The van der Waals surface area contributed by atoms with Crippen LogP contribution < -0.4 is 5.32 Å². The summed E-state index contributed by atoms with van der Waals surface area (Å²) in [5.41, 5.74) is 0. The van der Waals surface area contributed by atoms with Gasteiger partial charge >= 0.3 is 6.03 Å². The number of urea groups is 1. The molecule has 1 rings (SSSR count). The lowest BCUT2D eigenvalue weighted by atomic mass is 10.0. The Balaban J connectivity index is 2.36. The molecule has 0 saturated carbocycles. The SMILES string of the molecule is CC1CCCN(C(=O)NC(C)CO)C1. The van der Waals surface area contributed by atoms with Crippen LogP contribution in [0.1, 0.15) is 26.7 Å². The Kier molecular flexibility index (Phi) is 4.20. The molecule has 0 aromatic rings. The maximum absolute atomic E-state index is 11.6. The van der Waals surface area contributed by atoms with Crippen LogP contribution in [0.3, 0.4) is 0 Å². The normalized spacial score (nSPS) is 24.5. The van der Waals surface area contributed by atoms with Gasteiger partial charge in [-0.05, 0) is 25.7 Å². The molecule has 14 heavy (non-hydrogen) atoms. The summed E-state index contributed by atoms with van der Waals surface area (Å²) in [7, 11) is 0. The van der Waals surface area contributed by atoms with E-state index in [0.29, 0.717) is 5.92 Å². The van der Waals surface area contributed by atoms with Gasteiger partial charge in [-0.25, -0.2) is 4.79 Å².